The maximum atomic E-state index is 6.28. The minimum atomic E-state index is -1.06. The Hall–Kier alpha value is -0.152. The van der Waals surface area contributed by atoms with Gasteiger partial charge in [-0.05, 0) is 74.3 Å². The molecule has 1 unspecified atom stereocenters. The predicted octanol–water partition coefficient (Wildman–Crippen LogP) is 0.411. The second kappa shape index (κ2) is 6.74. The van der Waals surface area contributed by atoms with E-state index >= 15 is 0 Å². The van der Waals surface area contributed by atoms with Crippen molar-refractivity contribution in [3.63, 3.8) is 0 Å². The van der Waals surface area contributed by atoms with Crippen LogP contribution in [0.1, 0.15) is 22.3 Å². The van der Waals surface area contributed by atoms with Crippen molar-refractivity contribution in [2.75, 3.05) is 6.61 Å². The van der Waals surface area contributed by atoms with E-state index < -0.39 is 17.6 Å². The van der Waals surface area contributed by atoms with Gasteiger partial charge in [0.2, 0.25) is 9.04 Å². The Morgan fingerprint density at radius 3 is 2.30 bits per heavy atom. The van der Waals surface area contributed by atoms with Gasteiger partial charge in [-0.1, -0.05) is 0 Å². The molecule has 0 saturated carbocycles. The topological polar surface area (TPSA) is 18.5 Å². The van der Waals surface area contributed by atoms with Gasteiger partial charge in [0.1, 0.15) is 5.75 Å². The van der Waals surface area contributed by atoms with Gasteiger partial charge >= 0.3 is 0 Å². The third kappa shape index (κ3) is 3.19. The summed E-state index contributed by atoms with van der Waals surface area (Å²) in [6, 6.07) is 1.43. The summed E-state index contributed by atoms with van der Waals surface area (Å²) in [6.45, 7) is 14.6. The van der Waals surface area contributed by atoms with Crippen molar-refractivity contribution in [1.82, 2.24) is 0 Å². The first-order valence-electron chi connectivity index (χ1n) is 7.82. The van der Waals surface area contributed by atoms with E-state index in [-0.39, 0.29) is 17.6 Å². The zero-order chi connectivity index (χ0) is 14.9. The summed E-state index contributed by atoms with van der Waals surface area (Å²) in [4.78, 5) is 0. The van der Waals surface area contributed by atoms with Crippen molar-refractivity contribution in [3.8, 4) is 5.75 Å². The Labute approximate surface area is 130 Å². The van der Waals surface area contributed by atoms with Crippen LogP contribution >= 0.6 is 0 Å². The molecule has 0 aromatic heterocycles. The molecule has 0 N–H and O–H groups in total. The van der Waals surface area contributed by atoms with E-state index in [1.54, 1.807) is 5.19 Å². The van der Waals surface area contributed by atoms with Crippen LogP contribution in [0.25, 0.3) is 0 Å². The number of hydrogen-bond donors (Lipinski definition) is 0. The molecule has 0 bridgehead atoms. The highest BCUT2D eigenvalue weighted by atomic mass is 29.5. The molecule has 112 valence electrons. The van der Waals surface area contributed by atoms with Gasteiger partial charge in [0.25, 0.3) is 0 Å². The largest absolute Gasteiger partial charge is 0.547 e. The second-order valence-corrected chi connectivity index (χ2v) is 23.8. The summed E-state index contributed by atoms with van der Waals surface area (Å²) in [7, 11) is -1.71. The first kappa shape index (κ1) is 16.2. The first-order chi connectivity index (χ1) is 9.43. The number of benzene rings is 1. The fourth-order valence-electron chi connectivity index (χ4n) is 3.20. The minimum Gasteiger partial charge on any atom is -0.547 e. The van der Waals surface area contributed by atoms with E-state index in [9.17, 15) is 0 Å². The van der Waals surface area contributed by atoms with E-state index in [2.05, 4.69) is 40.8 Å². The van der Waals surface area contributed by atoms with Gasteiger partial charge in [-0.15, -0.1) is 0 Å². The molecule has 1 aliphatic heterocycles. The first-order valence-corrected chi connectivity index (χ1v) is 19.9. The average molecular weight is 341 g/mol. The highest BCUT2D eigenvalue weighted by Crippen LogP contribution is 2.28. The van der Waals surface area contributed by atoms with Crippen molar-refractivity contribution < 1.29 is 8.85 Å². The van der Waals surface area contributed by atoms with Gasteiger partial charge in [0.05, 0.1) is 0 Å². The molecular weight excluding hydrogens is 312 g/mol. The Kier molecular flexibility index (Phi) is 5.47. The normalized spacial score (nSPS) is 21.9. The second-order valence-electron chi connectivity index (χ2n) is 6.26. The molecule has 6 heteroatoms. The summed E-state index contributed by atoms with van der Waals surface area (Å²) in [6.07, 6.45) is 0. The fourth-order valence-corrected chi connectivity index (χ4v) is 24.1. The summed E-state index contributed by atoms with van der Waals surface area (Å²) in [5.74, 6) is 1.20. The quantitative estimate of drug-likeness (QED) is 0.742. The molecule has 1 aliphatic rings. The monoisotopic (exact) mass is 340 g/mol. The molecule has 0 aliphatic carbocycles. The van der Waals surface area contributed by atoms with Gasteiger partial charge in [-0.2, -0.15) is 0 Å². The van der Waals surface area contributed by atoms with Gasteiger partial charge in [-0.25, -0.2) is 0 Å². The molecule has 1 aromatic carbocycles. The molecule has 20 heavy (non-hydrogen) atoms. The van der Waals surface area contributed by atoms with Crippen LogP contribution in [-0.4, -0.2) is 41.8 Å². The lowest BCUT2D eigenvalue weighted by Crippen LogP contribution is -2.49. The smallest absolute Gasteiger partial charge is 0.229 e. The molecular formula is C14H28O2Si4. The van der Waals surface area contributed by atoms with Crippen molar-refractivity contribution >= 4 is 40.4 Å². The maximum Gasteiger partial charge on any atom is 0.229 e. The van der Waals surface area contributed by atoms with Crippen LogP contribution in [0.4, 0.5) is 0 Å². The fraction of sp³-hybridized carbons (Fsp3) is 0.571. The Morgan fingerprint density at radius 2 is 1.75 bits per heavy atom. The Morgan fingerprint density at radius 1 is 1.05 bits per heavy atom. The van der Waals surface area contributed by atoms with E-state index in [4.69, 9.17) is 8.85 Å². The van der Waals surface area contributed by atoms with E-state index in [1.165, 1.54) is 34.0 Å². The molecule has 1 atom stereocenters. The highest BCUT2D eigenvalue weighted by Gasteiger charge is 2.26. The SMILES string of the molecule is Cc1c(C)c(O[SiH](C)C)c(C)c([SiH]2OCC[SiH2][SiH2]2)c1C. The van der Waals surface area contributed by atoms with Crippen LogP contribution in [0.2, 0.25) is 19.1 Å². The van der Waals surface area contributed by atoms with Gasteiger partial charge in [0, 0.05) is 24.2 Å². The molecule has 0 radical (unpaired) electrons. The third-order valence-corrected chi connectivity index (χ3v) is 23.7. The molecule has 1 heterocycles. The lowest BCUT2D eigenvalue weighted by molar-refractivity contribution is 0.359. The zero-order valence-electron chi connectivity index (χ0n) is 13.8. The third-order valence-electron chi connectivity index (χ3n) is 4.47. The van der Waals surface area contributed by atoms with Crippen LogP contribution in [-0.2, 0) is 4.43 Å². The Balaban J connectivity index is 2.52. The standard InChI is InChI=1S/C14H28O2Si4/c1-9-10(2)13(16-19(5)6)12(4)14(11(9)3)20-15-7-8-17-18-20/h19-20H,7-8,17-18H2,1-6H3. The summed E-state index contributed by atoms with van der Waals surface area (Å²) < 4.78 is 12.5. The average Bonchev–Trinajstić information content (AvgIpc) is 2.42. The summed E-state index contributed by atoms with van der Waals surface area (Å²) >= 11 is 0. The van der Waals surface area contributed by atoms with Crippen molar-refractivity contribution in [3.05, 3.63) is 22.3 Å². The predicted molar refractivity (Wildman–Crippen MR) is 99.5 cm³/mol. The summed E-state index contributed by atoms with van der Waals surface area (Å²) in [5.41, 5.74) is 5.73. The van der Waals surface area contributed by atoms with Crippen LogP contribution in [0, 0.1) is 27.7 Å². The van der Waals surface area contributed by atoms with Gasteiger partial charge in [0.15, 0.2) is 8.56 Å². The van der Waals surface area contributed by atoms with Crippen molar-refractivity contribution in [2.24, 2.45) is 0 Å². The van der Waals surface area contributed by atoms with E-state index in [1.807, 2.05) is 0 Å². The molecule has 2 rings (SSSR count). The van der Waals surface area contributed by atoms with Crippen LogP contribution in [0.3, 0.4) is 0 Å². The lowest BCUT2D eigenvalue weighted by atomic mass is 9.99. The number of rotatable bonds is 3. The number of hydrogen-bond acceptors (Lipinski definition) is 2. The van der Waals surface area contributed by atoms with Gasteiger partial charge in [-0.3, -0.25) is 0 Å². The molecule has 0 amide bonds. The minimum absolute atomic E-state index is 0.121. The molecule has 1 saturated heterocycles. The van der Waals surface area contributed by atoms with E-state index in [0.717, 1.165) is 6.61 Å². The Bertz CT molecular complexity index is 497. The molecule has 1 aromatic rings. The summed E-state index contributed by atoms with van der Waals surface area (Å²) in [5, 5.41) is 1.62. The van der Waals surface area contributed by atoms with E-state index in [0.29, 0.717) is 0 Å². The maximum absolute atomic E-state index is 6.28. The van der Waals surface area contributed by atoms with Crippen molar-refractivity contribution in [2.45, 2.75) is 46.8 Å². The molecule has 2 nitrogen and oxygen atoms in total. The van der Waals surface area contributed by atoms with Crippen LogP contribution in [0.15, 0.2) is 0 Å². The van der Waals surface area contributed by atoms with Crippen LogP contribution in [0.5, 0.6) is 5.75 Å². The zero-order valence-corrected chi connectivity index (χ0v) is 18.9. The molecule has 0 spiro atoms. The van der Waals surface area contributed by atoms with Crippen LogP contribution < -0.4 is 9.61 Å². The lowest BCUT2D eigenvalue weighted by Gasteiger charge is -2.28. The molecule has 1 fully saturated rings. The highest BCUT2D eigenvalue weighted by molar-refractivity contribution is 7.38. The van der Waals surface area contributed by atoms with Crippen molar-refractivity contribution in [1.29, 1.82) is 0 Å². The van der Waals surface area contributed by atoms with Gasteiger partial charge < -0.3 is 8.85 Å².